The number of carbonyl (C=O) groups is 1. The topological polar surface area (TPSA) is 56.8 Å². The summed E-state index contributed by atoms with van der Waals surface area (Å²) >= 11 is 3.42. The maximum Gasteiger partial charge on any atom is 0.387 e. The SMILES string of the molecule is CCOc1cc(Br)c(CC(=O)Nc2ccccc2OC(F)F)cc1OCC. The van der Waals surface area contributed by atoms with Crippen LogP contribution in [0.3, 0.4) is 0 Å². The molecule has 0 spiro atoms. The molecule has 27 heavy (non-hydrogen) atoms. The second-order valence-corrected chi connectivity index (χ2v) is 6.21. The number of para-hydroxylation sites is 2. The summed E-state index contributed by atoms with van der Waals surface area (Å²) in [6.07, 6.45) is 0.01000. The fourth-order valence-corrected chi connectivity index (χ4v) is 2.85. The molecule has 0 aromatic heterocycles. The number of halogens is 3. The lowest BCUT2D eigenvalue weighted by Crippen LogP contribution is -2.16. The van der Waals surface area contributed by atoms with Gasteiger partial charge < -0.3 is 19.5 Å². The number of amides is 1. The zero-order valence-electron chi connectivity index (χ0n) is 14.9. The molecule has 1 amide bonds. The van der Waals surface area contributed by atoms with E-state index in [2.05, 4.69) is 26.0 Å². The van der Waals surface area contributed by atoms with Gasteiger partial charge in [0.15, 0.2) is 11.5 Å². The molecule has 8 heteroatoms. The van der Waals surface area contributed by atoms with Crippen molar-refractivity contribution in [2.75, 3.05) is 18.5 Å². The Labute approximate surface area is 164 Å². The van der Waals surface area contributed by atoms with E-state index in [4.69, 9.17) is 9.47 Å². The standard InChI is InChI=1S/C19H20BrF2NO4/c1-3-25-16-9-12(13(20)11-17(16)26-4-2)10-18(24)23-14-7-5-6-8-15(14)27-19(21)22/h5-9,11,19H,3-4,10H2,1-2H3,(H,23,24). The molecule has 2 aromatic carbocycles. The van der Waals surface area contributed by atoms with Gasteiger partial charge in [0.1, 0.15) is 5.75 Å². The lowest BCUT2D eigenvalue weighted by molar-refractivity contribution is -0.115. The second-order valence-electron chi connectivity index (χ2n) is 5.36. The van der Waals surface area contributed by atoms with Crippen LogP contribution >= 0.6 is 15.9 Å². The quantitative estimate of drug-likeness (QED) is 0.590. The Bertz CT molecular complexity index is 786. The molecule has 0 saturated heterocycles. The van der Waals surface area contributed by atoms with E-state index < -0.39 is 6.61 Å². The van der Waals surface area contributed by atoms with E-state index in [1.165, 1.54) is 12.1 Å². The number of nitrogens with one attached hydrogen (secondary N) is 1. The molecular formula is C19H20BrF2NO4. The first kappa shape index (κ1) is 21.0. The van der Waals surface area contributed by atoms with Crippen molar-refractivity contribution in [3.05, 3.63) is 46.4 Å². The van der Waals surface area contributed by atoms with E-state index >= 15 is 0 Å². The van der Waals surface area contributed by atoms with Crippen LogP contribution in [0.2, 0.25) is 0 Å². The molecule has 5 nitrogen and oxygen atoms in total. The molecule has 0 unspecified atom stereocenters. The van der Waals surface area contributed by atoms with Crippen molar-refractivity contribution in [1.82, 2.24) is 0 Å². The van der Waals surface area contributed by atoms with Crippen LogP contribution in [0.1, 0.15) is 19.4 Å². The number of benzene rings is 2. The molecule has 0 fully saturated rings. The van der Waals surface area contributed by atoms with Crippen LogP contribution in [0.4, 0.5) is 14.5 Å². The fourth-order valence-electron chi connectivity index (χ4n) is 2.39. The Kier molecular flexibility index (Phi) is 7.84. The Morgan fingerprint density at radius 3 is 2.33 bits per heavy atom. The molecule has 0 aliphatic heterocycles. The highest BCUT2D eigenvalue weighted by molar-refractivity contribution is 9.10. The van der Waals surface area contributed by atoms with Crippen molar-refractivity contribution < 1.29 is 27.8 Å². The van der Waals surface area contributed by atoms with Crippen molar-refractivity contribution in [3.8, 4) is 17.2 Å². The summed E-state index contributed by atoms with van der Waals surface area (Å²) in [6, 6.07) is 9.49. The lowest BCUT2D eigenvalue weighted by Gasteiger charge is -2.15. The van der Waals surface area contributed by atoms with Crippen molar-refractivity contribution in [2.24, 2.45) is 0 Å². The van der Waals surface area contributed by atoms with Crippen LogP contribution in [0.5, 0.6) is 17.2 Å². The monoisotopic (exact) mass is 443 g/mol. The first-order valence-electron chi connectivity index (χ1n) is 8.36. The molecule has 2 rings (SSSR count). The van der Waals surface area contributed by atoms with Gasteiger partial charge in [-0.05, 0) is 43.7 Å². The lowest BCUT2D eigenvalue weighted by atomic mass is 10.1. The minimum absolute atomic E-state index is 0.01000. The minimum Gasteiger partial charge on any atom is -0.490 e. The molecular weight excluding hydrogens is 424 g/mol. The molecule has 0 radical (unpaired) electrons. The third-order valence-electron chi connectivity index (χ3n) is 3.44. The fraction of sp³-hybridized carbons (Fsp3) is 0.316. The van der Waals surface area contributed by atoms with E-state index in [1.807, 2.05) is 13.8 Å². The highest BCUT2D eigenvalue weighted by Crippen LogP contribution is 2.34. The second kappa shape index (κ2) is 10.1. The van der Waals surface area contributed by atoms with Gasteiger partial charge in [-0.1, -0.05) is 28.1 Å². The van der Waals surface area contributed by atoms with Crippen molar-refractivity contribution in [1.29, 1.82) is 0 Å². The van der Waals surface area contributed by atoms with Gasteiger partial charge in [0, 0.05) is 4.47 Å². The minimum atomic E-state index is -2.97. The van der Waals surface area contributed by atoms with Crippen molar-refractivity contribution >= 4 is 27.5 Å². The smallest absolute Gasteiger partial charge is 0.387 e. The van der Waals surface area contributed by atoms with Gasteiger partial charge in [-0.25, -0.2) is 0 Å². The van der Waals surface area contributed by atoms with Crippen LogP contribution < -0.4 is 19.5 Å². The van der Waals surface area contributed by atoms with Gasteiger partial charge in [0.2, 0.25) is 5.91 Å². The summed E-state index contributed by atoms with van der Waals surface area (Å²) < 4.78 is 41.2. The van der Waals surface area contributed by atoms with E-state index in [9.17, 15) is 13.6 Å². The summed E-state index contributed by atoms with van der Waals surface area (Å²) in [4.78, 5) is 12.4. The number of carbonyl (C=O) groups excluding carboxylic acids is 1. The third kappa shape index (κ3) is 6.09. The highest BCUT2D eigenvalue weighted by atomic mass is 79.9. The first-order chi connectivity index (χ1) is 12.9. The summed E-state index contributed by atoms with van der Waals surface area (Å²) in [5.41, 5.74) is 0.849. The number of hydrogen-bond acceptors (Lipinski definition) is 4. The molecule has 0 aliphatic carbocycles. The van der Waals surface area contributed by atoms with E-state index in [0.717, 1.165) is 0 Å². The van der Waals surface area contributed by atoms with Gasteiger partial charge in [-0.3, -0.25) is 4.79 Å². The van der Waals surface area contributed by atoms with E-state index in [-0.39, 0.29) is 23.8 Å². The summed E-state index contributed by atoms with van der Waals surface area (Å²) in [5, 5.41) is 2.59. The number of hydrogen-bond donors (Lipinski definition) is 1. The Balaban J connectivity index is 2.17. The Morgan fingerprint density at radius 2 is 1.70 bits per heavy atom. The maximum absolute atomic E-state index is 12.5. The summed E-state index contributed by atoms with van der Waals surface area (Å²) in [6.45, 7) is 1.67. The van der Waals surface area contributed by atoms with Gasteiger partial charge in [0.25, 0.3) is 0 Å². The van der Waals surface area contributed by atoms with Gasteiger partial charge in [0.05, 0.1) is 25.3 Å². The number of rotatable bonds is 9. The molecule has 0 aliphatic rings. The van der Waals surface area contributed by atoms with Crippen LogP contribution in [0.25, 0.3) is 0 Å². The van der Waals surface area contributed by atoms with Crippen LogP contribution in [-0.2, 0) is 11.2 Å². The zero-order valence-corrected chi connectivity index (χ0v) is 16.5. The Hall–Kier alpha value is -2.35. The Morgan fingerprint density at radius 1 is 1.07 bits per heavy atom. The number of anilines is 1. The van der Waals surface area contributed by atoms with Crippen LogP contribution in [-0.4, -0.2) is 25.7 Å². The molecule has 146 valence electrons. The van der Waals surface area contributed by atoms with Crippen LogP contribution in [0.15, 0.2) is 40.9 Å². The molecule has 1 N–H and O–H groups in total. The zero-order chi connectivity index (χ0) is 19.8. The summed E-state index contributed by atoms with van der Waals surface area (Å²) in [7, 11) is 0. The van der Waals surface area contributed by atoms with Gasteiger partial charge >= 0.3 is 6.61 Å². The van der Waals surface area contributed by atoms with Crippen molar-refractivity contribution in [3.63, 3.8) is 0 Å². The predicted molar refractivity (Wildman–Crippen MR) is 102 cm³/mol. The van der Waals surface area contributed by atoms with Crippen molar-refractivity contribution in [2.45, 2.75) is 26.9 Å². The van der Waals surface area contributed by atoms with Gasteiger partial charge in [-0.15, -0.1) is 0 Å². The molecule has 0 heterocycles. The molecule has 0 atom stereocenters. The molecule has 0 bridgehead atoms. The molecule has 2 aromatic rings. The highest BCUT2D eigenvalue weighted by Gasteiger charge is 2.16. The average Bonchev–Trinajstić information content (AvgIpc) is 2.60. The molecule has 0 saturated carbocycles. The van der Waals surface area contributed by atoms with Crippen LogP contribution in [0, 0.1) is 0 Å². The predicted octanol–water partition coefficient (Wildman–Crippen LogP) is 5.03. The average molecular weight is 444 g/mol. The van der Waals surface area contributed by atoms with E-state index in [0.29, 0.717) is 34.7 Å². The summed E-state index contributed by atoms with van der Waals surface area (Å²) in [5.74, 6) is 0.632. The van der Waals surface area contributed by atoms with E-state index in [1.54, 1.807) is 24.3 Å². The number of alkyl halides is 2. The normalized spacial score (nSPS) is 10.6. The largest absolute Gasteiger partial charge is 0.490 e. The third-order valence-corrected chi connectivity index (χ3v) is 4.18. The maximum atomic E-state index is 12.5. The number of ether oxygens (including phenoxy) is 3. The van der Waals surface area contributed by atoms with Gasteiger partial charge in [-0.2, -0.15) is 8.78 Å². The first-order valence-corrected chi connectivity index (χ1v) is 9.15.